The number of esters is 1. The fourth-order valence-electron chi connectivity index (χ4n) is 1.81. The van der Waals surface area contributed by atoms with E-state index in [2.05, 4.69) is 5.32 Å². The number of hydrogen-bond acceptors (Lipinski definition) is 4. The van der Waals surface area contributed by atoms with Gasteiger partial charge in [0, 0.05) is 0 Å². The normalized spacial score (nSPS) is 12.4. The molecule has 1 rings (SSSR count). The topological polar surface area (TPSA) is 64.6 Å². The molecule has 5 nitrogen and oxygen atoms in total. The first-order valence-electron chi connectivity index (χ1n) is 7.08. The van der Waals surface area contributed by atoms with E-state index in [4.69, 9.17) is 21.1 Å². The van der Waals surface area contributed by atoms with Crippen LogP contribution in [0.25, 0.3) is 0 Å². The van der Waals surface area contributed by atoms with E-state index in [1.807, 2.05) is 30.3 Å². The van der Waals surface area contributed by atoms with Crippen molar-refractivity contribution in [2.24, 2.45) is 0 Å². The molecule has 6 heteroatoms. The second-order valence-corrected chi connectivity index (χ2v) is 6.01. The molecule has 0 unspecified atom stereocenters. The molecule has 1 atom stereocenters. The van der Waals surface area contributed by atoms with Crippen LogP contribution in [0.15, 0.2) is 30.3 Å². The zero-order chi connectivity index (χ0) is 16.6. The van der Waals surface area contributed by atoms with Crippen LogP contribution in [0, 0.1) is 0 Å². The van der Waals surface area contributed by atoms with Crippen molar-refractivity contribution in [2.45, 2.75) is 45.3 Å². The highest BCUT2D eigenvalue weighted by Gasteiger charge is 2.25. The molecular formula is C16H22ClNO4. The van der Waals surface area contributed by atoms with E-state index in [1.54, 1.807) is 20.8 Å². The lowest BCUT2D eigenvalue weighted by Gasteiger charge is -2.22. The van der Waals surface area contributed by atoms with Crippen molar-refractivity contribution < 1.29 is 19.1 Å². The number of carbonyl (C=O) groups excluding carboxylic acids is 2. The molecule has 22 heavy (non-hydrogen) atoms. The summed E-state index contributed by atoms with van der Waals surface area (Å²) in [6, 6.07) is 8.62. The number of aryl methyl sites for hydroxylation is 1. The fraction of sp³-hybridized carbons (Fsp3) is 0.500. The lowest BCUT2D eigenvalue weighted by molar-refractivity contribution is -0.144. The molecule has 1 aromatic carbocycles. The Bertz CT molecular complexity index is 485. The van der Waals surface area contributed by atoms with E-state index in [9.17, 15) is 9.59 Å². The molecule has 0 saturated carbocycles. The van der Waals surface area contributed by atoms with Gasteiger partial charge in [0.15, 0.2) is 6.07 Å². The number of halogens is 1. The van der Waals surface area contributed by atoms with Gasteiger partial charge >= 0.3 is 12.1 Å². The minimum Gasteiger partial charge on any atom is -0.448 e. The highest BCUT2D eigenvalue weighted by atomic mass is 35.5. The summed E-state index contributed by atoms with van der Waals surface area (Å²) in [5, 5.41) is 2.53. The molecule has 0 aliphatic rings. The summed E-state index contributed by atoms with van der Waals surface area (Å²) >= 11 is 5.41. The molecule has 1 N–H and O–H groups in total. The molecule has 0 bridgehead atoms. The summed E-state index contributed by atoms with van der Waals surface area (Å²) in [4.78, 5) is 23.7. The van der Waals surface area contributed by atoms with Crippen LogP contribution in [-0.4, -0.2) is 29.8 Å². The van der Waals surface area contributed by atoms with Crippen molar-refractivity contribution in [2.75, 3.05) is 6.07 Å². The Morgan fingerprint density at radius 3 is 2.41 bits per heavy atom. The molecule has 0 radical (unpaired) electrons. The summed E-state index contributed by atoms with van der Waals surface area (Å²) in [6.07, 6.45) is 0.370. The van der Waals surface area contributed by atoms with Crippen molar-refractivity contribution in [1.82, 2.24) is 5.32 Å². The van der Waals surface area contributed by atoms with E-state index in [0.717, 1.165) is 5.56 Å². The van der Waals surface area contributed by atoms with Crippen molar-refractivity contribution >= 4 is 23.7 Å². The van der Waals surface area contributed by atoms with Crippen LogP contribution < -0.4 is 5.32 Å². The standard InChI is InChI=1S/C16H22ClNO4/c1-16(2,3)22-15(20)18-13(14(19)21-11-17)10-9-12-7-5-4-6-8-12/h4-8,13H,9-11H2,1-3H3,(H,18,20)/t13-/m1/s1. The molecule has 122 valence electrons. The first-order chi connectivity index (χ1) is 10.3. The molecule has 0 saturated heterocycles. The van der Waals surface area contributed by atoms with Gasteiger partial charge in [-0.2, -0.15) is 0 Å². The number of hydrogen-bond donors (Lipinski definition) is 1. The second-order valence-electron chi connectivity index (χ2n) is 5.80. The third-order valence-electron chi connectivity index (χ3n) is 2.74. The van der Waals surface area contributed by atoms with Crippen LogP contribution in [0.3, 0.4) is 0 Å². The fourth-order valence-corrected chi connectivity index (χ4v) is 1.92. The van der Waals surface area contributed by atoms with E-state index < -0.39 is 23.7 Å². The van der Waals surface area contributed by atoms with Crippen LogP contribution >= 0.6 is 11.6 Å². The quantitative estimate of drug-likeness (QED) is 0.643. The SMILES string of the molecule is CC(C)(C)OC(=O)N[C@H](CCc1ccccc1)C(=O)OCCl. The number of amides is 1. The molecule has 1 amide bonds. The van der Waals surface area contributed by atoms with Crippen molar-refractivity contribution in [1.29, 1.82) is 0 Å². The average Bonchev–Trinajstić information content (AvgIpc) is 2.42. The molecule has 0 aliphatic carbocycles. The van der Waals surface area contributed by atoms with Crippen LogP contribution in [-0.2, 0) is 20.7 Å². The molecule has 0 aromatic heterocycles. The maximum absolute atomic E-state index is 11.9. The predicted octanol–water partition coefficient (Wildman–Crippen LogP) is 3.25. The Morgan fingerprint density at radius 1 is 1.23 bits per heavy atom. The minimum absolute atomic E-state index is 0.253. The van der Waals surface area contributed by atoms with Gasteiger partial charge in [0.1, 0.15) is 11.6 Å². The van der Waals surface area contributed by atoms with Gasteiger partial charge in [-0.3, -0.25) is 0 Å². The molecular weight excluding hydrogens is 306 g/mol. The Balaban J connectivity index is 2.63. The smallest absolute Gasteiger partial charge is 0.408 e. The number of alkyl halides is 1. The van der Waals surface area contributed by atoms with E-state index >= 15 is 0 Å². The average molecular weight is 328 g/mol. The third kappa shape index (κ3) is 7.31. The Labute approximate surface area is 135 Å². The zero-order valence-corrected chi connectivity index (χ0v) is 13.9. The zero-order valence-electron chi connectivity index (χ0n) is 13.1. The highest BCUT2D eigenvalue weighted by Crippen LogP contribution is 2.10. The number of benzene rings is 1. The van der Waals surface area contributed by atoms with Crippen molar-refractivity contribution in [3.05, 3.63) is 35.9 Å². The number of carbonyl (C=O) groups is 2. The van der Waals surface area contributed by atoms with Gasteiger partial charge in [0.05, 0.1) is 0 Å². The van der Waals surface area contributed by atoms with Gasteiger partial charge in [0.2, 0.25) is 0 Å². The van der Waals surface area contributed by atoms with Crippen molar-refractivity contribution in [3.63, 3.8) is 0 Å². The van der Waals surface area contributed by atoms with Gasteiger partial charge in [-0.1, -0.05) is 41.9 Å². The summed E-state index contributed by atoms with van der Waals surface area (Å²) in [7, 11) is 0. The third-order valence-corrected chi connectivity index (χ3v) is 2.85. The molecule has 0 spiro atoms. The number of nitrogens with one attached hydrogen (secondary N) is 1. The molecule has 0 aliphatic heterocycles. The maximum atomic E-state index is 11.9. The van der Waals surface area contributed by atoms with Crippen molar-refractivity contribution in [3.8, 4) is 0 Å². The van der Waals surface area contributed by atoms with E-state index in [1.165, 1.54) is 0 Å². The highest BCUT2D eigenvalue weighted by molar-refractivity contribution is 6.17. The van der Waals surface area contributed by atoms with Crippen LogP contribution in [0.4, 0.5) is 4.79 Å². The number of alkyl carbamates (subject to hydrolysis) is 1. The molecule has 1 aromatic rings. The Kier molecular flexibility index (Phi) is 7.18. The van der Waals surface area contributed by atoms with Crippen LogP contribution in [0.1, 0.15) is 32.8 Å². The Morgan fingerprint density at radius 2 is 1.86 bits per heavy atom. The summed E-state index contributed by atoms with van der Waals surface area (Å²) in [6.45, 7) is 5.26. The number of rotatable bonds is 6. The first-order valence-corrected chi connectivity index (χ1v) is 7.61. The monoisotopic (exact) mass is 327 g/mol. The largest absolute Gasteiger partial charge is 0.448 e. The maximum Gasteiger partial charge on any atom is 0.408 e. The summed E-state index contributed by atoms with van der Waals surface area (Å²) in [5.41, 5.74) is 0.432. The van der Waals surface area contributed by atoms with Gasteiger partial charge in [-0.05, 0) is 39.2 Å². The lowest BCUT2D eigenvalue weighted by atomic mass is 10.1. The molecule has 0 fully saturated rings. The van der Waals surface area contributed by atoms with Crippen LogP contribution in [0.2, 0.25) is 0 Å². The van der Waals surface area contributed by atoms with Gasteiger partial charge in [-0.15, -0.1) is 0 Å². The van der Waals surface area contributed by atoms with Gasteiger partial charge in [0.25, 0.3) is 0 Å². The van der Waals surface area contributed by atoms with E-state index in [0.29, 0.717) is 12.8 Å². The lowest BCUT2D eigenvalue weighted by Crippen LogP contribution is -2.44. The number of ether oxygens (including phenoxy) is 2. The first kappa shape index (κ1) is 18.3. The van der Waals surface area contributed by atoms with Crippen LogP contribution in [0.5, 0.6) is 0 Å². The molecule has 0 heterocycles. The van der Waals surface area contributed by atoms with Gasteiger partial charge < -0.3 is 14.8 Å². The predicted molar refractivity (Wildman–Crippen MR) is 84.7 cm³/mol. The van der Waals surface area contributed by atoms with E-state index in [-0.39, 0.29) is 6.07 Å². The second kappa shape index (κ2) is 8.63. The summed E-state index contributed by atoms with van der Waals surface area (Å²) < 4.78 is 9.94. The van der Waals surface area contributed by atoms with Gasteiger partial charge in [-0.25, -0.2) is 9.59 Å². The minimum atomic E-state index is -0.797. The Hall–Kier alpha value is -1.75. The summed E-state index contributed by atoms with van der Waals surface area (Å²) in [5.74, 6) is -0.572.